The Labute approximate surface area is 146 Å². The van der Waals surface area contributed by atoms with Crippen LogP contribution in [0.4, 0.5) is 10.5 Å². The average molecular weight is 329 g/mol. The van der Waals surface area contributed by atoms with E-state index in [9.17, 15) is 4.79 Å². The van der Waals surface area contributed by atoms with E-state index in [1.165, 1.54) is 29.7 Å². The van der Waals surface area contributed by atoms with E-state index in [0.29, 0.717) is 12.0 Å². The Hall–Kier alpha value is -1.71. The van der Waals surface area contributed by atoms with Gasteiger partial charge in [-0.1, -0.05) is 44.9 Å². The number of hydrogen-bond acceptors (Lipinski definition) is 2. The standard InChI is InChI=1S/C20H31N3O/c1-15(2)18-10-6-7-16(3)19(18)22-11-13-23(14-12-22)20(24)21-17-8-4-5-9-17/h6-7,10,15,17H,4-5,8-9,11-14H2,1-3H3,(H,21,24). The van der Waals surface area contributed by atoms with Crippen LogP contribution in [0.5, 0.6) is 0 Å². The molecule has 0 spiro atoms. The van der Waals surface area contributed by atoms with Gasteiger partial charge in [0, 0.05) is 37.9 Å². The highest BCUT2D eigenvalue weighted by atomic mass is 16.2. The van der Waals surface area contributed by atoms with E-state index in [0.717, 1.165) is 39.0 Å². The summed E-state index contributed by atoms with van der Waals surface area (Å²) < 4.78 is 0. The number of nitrogens with zero attached hydrogens (tertiary/aromatic N) is 2. The third-order valence-corrected chi connectivity index (χ3v) is 5.46. The van der Waals surface area contributed by atoms with E-state index in [-0.39, 0.29) is 6.03 Å². The summed E-state index contributed by atoms with van der Waals surface area (Å²) in [7, 11) is 0. The molecule has 1 saturated carbocycles. The summed E-state index contributed by atoms with van der Waals surface area (Å²) in [6.45, 7) is 10.2. The Morgan fingerprint density at radius 2 is 1.79 bits per heavy atom. The Kier molecular flexibility index (Phi) is 5.32. The summed E-state index contributed by atoms with van der Waals surface area (Å²) in [4.78, 5) is 16.9. The minimum Gasteiger partial charge on any atom is -0.368 e. The lowest BCUT2D eigenvalue weighted by molar-refractivity contribution is 0.190. The van der Waals surface area contributed by atoms with E-state index in [1.807, 2.05) is 4.90 Å². The van der Waals surface area contributed by atoms with Crippen LogP contribution in [0.25, 0.3) is 0 Å². The number of aryl methyl sites for hydroxylation is 1. The molecule has 1 saturated heterocycles. The SMILES string of the molecule is Cc1cccc(C(C)C)c1N1CCN(C(=O)NC2CCCC2)CC1. The van der Waals surface area contributed by atoms with Crippen molar-refractivity contribution in [2.24, 2.45) is 0 Å². The number of benzene rings is 1. The van der Waals surface area contributed by atoms with Crippen molar-refractivity contribution in [2.45, 2.75) is 58.4 Å². The lowest BCUT2D eigenvalue weighted by Gasteiger charge is -2.38. The summed E-state index contributed by atoms with van der Waals surface area (Å²) in [6.07, 6.45) is 4.80. The van der Waals surface area contributed by atoms with E-state index in [4.69, 9.17) is 0 Å². The maximum absolute atomic E-state index is 12.4. The van der Waals surface area contributed by atoms with Crippen molar-refractivity contribution in [3.63, 3.8) is 0 Å². The molecule has 132 valence electrons. The van der Waals surface area contributed by atoms with E-state index < -0.39 is 0 Å². The Morgan fingerprint density at radius 3 is 2.42 bits per heavy atom. The molecule has 1 heterocycles. The minimum absolute atomic E-state index is 0.135. The van der Waals surface area contributed by atoms with Gasteiger partial charge < -0.3 is 15.1 Å². The predicted molar refractivity (Wildman–Crippen MR) is 99.8 cm³/mol. The van der Waals surface area contributed by atoms with Crippen LogP contribution in [0.3, 0.4) is 0 Å². The molecule has 24 heavy (non-hydrogen) atoms. The second-order valence-corrected chi connectivity index (χ2v) is 7.57. The number of piperazine rings is 1. The molecule has 1 aromatic rings. The zero-order valence-corrected chi connectivity index (χ0v) is 15.3. The lowest BCUT2D eigenvalue weighted by atomic mass is 9.97. The highest BCUT2D eigenvalue weighted by molar-refractivity contribution is 5.75. The van der Waals surface area contributed by atoms with Gasteiger partial charge in [-0.3, -0.25) is 0 Å². The molecule has 1 aliphatic carbocycles. The van der Waals surface area contributed by atoms with Crippen LogP contribution >= 0.6 is 0 Å². The van der Waals surface area contributed by atoms with Crippen molar-refractivity contribution >= 4 is 11.7 Å². The lowest BCUT2D eigenvalue weighted by Crippen LogP contribution is -2.53. The molecule has 4 nitrogen and oxygen atoms in total. The van der Waals surface area contributed by atoms with Crippen LogP contribution in [-0.2, 0) is 0 Å². The first kappa shape index (κ1) is 17.1. The normalized spacial score (nSPS) is 19.2. The Bertz CT molecular complexity index is 570. The molecule has 0 aromatic heterocycles. The molecule has 2 aliphatic rings. The number of para-hydroxylation sites is 1. The van der Waals surface area contributed by atoms with Gasteiger partial charge >= 0.3 is 6.03 Å². The fraction of sp³-hybridized carbons (Fsp3) is 0.650. The number of rotatable bonds is 3. The zero-order chi connectivity index (χ0) is 17.1. The number of hydrogen-bond donors (Lipinski definition) is 1. The fourth-order valence-electron chi connectivity index (χ4n) is 4.05. The van der Waals surface area contributed by atoms with Gasteiger partial charge in [-0.25, -0.2) is 4.79 Å². The topological polar surface area (TPSA) is 35.6 Å². The minimum atomic E-state index is 0.135. The molecule has 2 amide bonds. The van der Waals surface area contributed by atoms with E-state index in [2.05, 4.69) is 49.2 Å². The molecule has 2 fully saturated rings. The average Bonchev–Trinajstić information content (AvgIpc) is 3.07. The Balaban J connectivity index is 1.62. The van der Waals surface area contributed by atoms with Crippen molar-refractivity contribution < 1.29 is 4.79 Å². The number of nitrogens with one attached hydrogen (secondary N) is 1. The number of anilines is 1. The highest BCUT2D eigenvalue weighted by Gasteiger charge is 2.26. The molecule has 3 rings (SSSR count). The second kappa shape index (κ2) is 7.45. The molecule has 0 atom stereocenters. The smallest absolute Gasteiger partial charge is 0.317 e. The molecule has 1 N–H and O–H groups in total. The quantitative estimate of drug-likeness (QED) is 0.913. The fourth-order valence-corrected chi connectivity index (χ4v) is 4.05. The van der Waals surface area contributed by atoms with E-state index >= 15 is 0 Å². The third-order valence-electron chi connectivity index (χ3n) is 5.46. The van der Waals surface area contributed by atoms with Gasteiger partial charge in [-0.05, 0) is 36.8 Å². The molecule has 1 aliphatic heterocycles. The van der Waals surface area contributed by atoms with Crippen molar-refractivity contribution in [2.75, 3.05) is 31.1 Å². The van der Waals surface area contributed by atoms with Crippen molar-refractivity contribution in [3.05, 3.63) is 29.3 Å². The molecular formula is C20H31N3O. The summed E-state index contributed by atoms with van der Waals surface area (Å²) in [5.74, 6) is 0.517. The molecule has 0 radical (unpaired) electrons. The van der Waals surface area contributed by atoms with Gasteiger partial charge in [0.25, 0.3) is 0 Å². The first-order valence-electron chi connectivity index (χ1n) is 9.46. The van der Waals surface area contributed by atoms with Crippen molar-refractivity contribution in [1.29, 1.82) is 0 Å². The van der Waals surface area contributed by atoms with Crippen LogP contribution in [0.1, 0.15) is 56.6 Å². The molecule has 4 heteroatoms. The second-order valence-electron chi connectivity index (χ2n) is 7.57. The van der Waals surface area contributed by atoms with Gasteiger partial charge in [-0.2, -0.15) is 0 Å². The molecule has 1 aromatic carbocycles. The third kappa shape index (κ3) is 3.68. The summed E-state index contributed by atoms with van der Waals surface area (Å²) >= 11 is 0. The summed E-state index contributed by atoms with van der Waals surface area (Å²) in [6, 6.07) is 7.13. The summed E-state index contributed by atoms with van der Waals surface area (Å²) in [5.41, 5.74) is 4.13. The van der Waals surface area contributed by atoms with Gasteiger partial charge in [-0.15, -0.1) is 0 Å². The van der Waals surface area contributed by atoms with Crippen LogP contribution in [-0.4, -0.2) is 43.2 Å². The maximum Gasteiger partial charge on any atom is 0.317 e. The van der Waals surface area contributed by atoms with Crippen LogP contribution in [0, 0.1) is 6.92 Å². The molecule has 0 unspecified atom stereocenters. The number of amides is 2. The first-order valence-corrected chi connectivity index (χ1v) is 9.46. The van der Waals surface area contributed by atoms with Gasteiger partial charge in [0.15, 0.2) is 0 Å². The van der Waals surface area contributed by atoms with Gasteiger partial charge in [0.05, 0.1) is 0 Å². The number of carbonyl (C=O) groups is 1. The largest absolute Gasteiger partial charge is 0.368 e. The molecular weight excluding hydrogens is 298 g/mol. The Morgan fingerprint density at radius 1 is 1.12 bits per heavy atom. The predicted octanol–water partition coefficient (Wildman–Crippen LogP) is 3.89. The van der Waals surface area contributed by atoms with Crippen molar-refractivity contribution in [1.82, 2.24) is 10.2 Å². The van der Waals surface area contributed by atoms with Crippen LogP contribution in [0.2, 0.25) is 0 Å². The van der Waals surface area contributed by atoms with Crippen LogP contribution in [0.15, 0.2) is 18.2 Å². The van der Waals surface area contributed by atoms with Gasteiger partial charge in [0.1, 0.15) is 0 Å². The highest BCUT2D eigenvalue weighted by Crippen LogP contribution is 2.31. The first-order chi connectivity index (χ1) is 11.6. The maximum atomic E-state index is 12.4. The zero-order valence-electron chi connectivity index (χ0n) is 15.3. The van der Waals surface area contributed by atoms with Gasteiger partial charge in [0.2, 0.25) is 0 Å². The number of urea groups is 1. The summed E-state index contributed by atoms with van der Waals surface area (Å²) in [5, 5.41) is 3.21. The monoisotopic (exact) mass is 329 g/mol. The number of carbonyl (C=O) groups excluding carboxylic acids is 1. The van der Waals surface area contributed by atoms with E-state index in [1.54, 1.807) is 0 Å². The van der Waals surface area contributed by atoms with Crippen LogP contribution < -0.4 is 10.2 Å². The van der Waals surface area contributed by atoms with Crippen molar-refractivity contribution in [3.8, 4) is 0 Å². The molecule has 0 bridgehead atoms.